The Bertz CT molecular complexity index is 2220. The molecule has 2 heterocycles. The Morgan fingerprint density at radius 1 is 0.961 bits per heavy atom. The van der Waals surface area contributed by atoms with Crippen molar-refractivity contribution in [3.05, 3.63) is 130 Å². The topological polar surface area (TPSA) is 150 Å². The summed E-state index contributed by atoms with van der Waals surface area (Å²) in [6, 6.07) is 23.5. The second kappa shape index (κ2) is 15.5. The van der Waals surface area contributed by atoms with E-state index in [0.29, 0.717) is 45.7 Å². The number of quaternary nitrogens is 1. The Labute approximate surface area is 293 Å². The van der Waals surface area contributed by atoms with Crippen LogP contribution in [0, 0.1) is 18.3 Å². The Balaban J connectivity index is 0.000000502. The van der Waals surface area contributed by atoms with Crippen LogP contribution >= 0.6 is 0 Å². The minimum absolute atomic E-state index is 0.0207. The van der Waals surface area contributed by atoms with Gasteiger partial charge >= 0.3 is 6.18 Å². The summed E-state index contributed by atoms with van der Waals surface area (Å²) in [7, 11) is 1.83. The van der Waals surface area contributed by atoms with Gasteiger partial charge in [0.05, 0.1) is 67.4 Å². The van der Waals surface area contributed by atoms with Gasteiger partial charge in [-0.15, -0.1) is 0 Å². The standard InChI is InChI=1S/C30H29F3N6O2.C6H6O3S/c1-20-25(27-13-15-36-38(27)23-11-9-21(19-34)10-12-23)18-26(28(40)35-14-6-16-39(2,3)4)29(41)37(20)24-8-5-7-22(17-24)30(31,32)33;7-10(8,9)6-4-2-1-3-5-6/h5,7-13,15,17-18H,6,14,16H2,1-4H3;1-5H,(H,7,8,9). The SMILES string of the molecule is Cc1c(-c2ccnn2-c2ccc(C#N)cc2)cc(C(=O)NCCC[N+](C)(C)C)c(=O)n1-c1cccc(C(F)(F)F)c1.O=S(=O)([O-])c1ccccc1. The van der Waals surface area contributed by atoms with Gasteiger partial charge in [-0.1, -0.05) is 24.3 Å². The van der Waals surface area contributed by atoms with Gasteiger partial charge in [0.2, 0.25) is 0 Å². The van der Waals surface area contributed by atoms with Gasteiger partial charge in [-0.05, 0) is 73.7 Å². The number of carbonyl (C=O) groups is 1. The predicted octanol–water partition coefficient (Wildman–Crippen LogP) is 5.31. The molecule has 5 aromatic rings. The molecule has 0 unspecified atom stereocenters. The zero-order chi connectivity index (χ0) is 37.6. The molecule has 0 saturated heterocycles. The van der Waals surface area contributed by atoms with Crippen molar-refractivity contribution in [2.75, 3.05) is 34.2 Å². The van der Waals surface area contributed by atoms with Crippen molar-refractivity contribution in [2.45, 2.75) is 24.4 Å². The maximum atomic E-state index is 13.7. The molecule has 0 atom stereocenters. The highest BCUT2D eigenvalue weighted by Crippen LogP contribution is 2.32. The molecular weight excluding hydrogens is 685 g/mol. The summed E-state index contributed by atoms with van der Waals surface area (Å²) in [5.41, 5.74) is 0.458. The van der Waals surface area contributed by atoms with E-state index in [9.17, 15) is 35.7 Å². The minimum Gasteiger partial charge on any atom is -0.744 e. The zero-order valence-corrected chi connectivity index (χ0v) is 29.0. The van der Waals surface area contributed by atoms with E-state index in [0.717, 1.165) is 23.2 Å². The van der Waals surface area contributed by atoms with Crippen LogP contribution in [0.4, 0.5) is 13.2 Å². The molecule has 0 radical (unpaired) electrons. The van der Waals surface area contributed by atoms with E-state index in [1.807, 2.05) is 21.1 Å². The summed E-state index contributed by atoms with van der Waals surface area (Å²) in [5, 5.41) is 16.3. The van der Waals surface area contributed by atoms with Crippen LogP contribution in [0.15, 0.2) is 107 Å². The van der Waals surface area contributed by atoms with Crippen molar-refractivity contribution < 1.29 is 35.4 Å². The van der Waals surface area contributed by atoms with Crippen molar-refractivity contribution in [1.29, 1.82) is 5.26 Å². The fourth-order valence-corrected chi connectivity index (χ4v) is 5.58. The molecule has 0 spiro atoms. The molecule has 0 saturated carbocycles. The first-order valence-corrected chi connectivity index (χ1v) is 16.9. The van der Waals surface area contributed by atoms with E-state index in [2.05, 4.69) is 16.5 Å². The molecule has 1 N–H and O–H groups in total. The zero-order valence-electron chi connectivity index (χ0n) is 28.2. The smallest absolute Gasteiger partial charge is 0.416 e. The van der Waals surface area contributed by atoms with Gasteiger partial charge < -0.3 is 14.4 Å². The van der Waals surface area contributed by atoms with E-state index >= 15 is 0 Å². The number of hydrogen-bond donors (Lipinski definition) is 1. The Kier molecular flexibility index (Phi) is 11.7. The number of aromatic nitrogens is 3. The fourth-order valence-electron chi connectivity index (χ4n) is 5.09. The van der Waals surface area contributed by atoms with Crippen LogP contribution in [-0.4, -0.2) is 71.9 Å². The number of pyridine rings is 1. The largest absolute Gasteiger partial charge is 0.744 e. The normalized spacial score (nSPS) is 11.7. The predicted molar refractivity (Wildman–Crippen MR) is 183 cm³/mol. The lowest BCUT2D eigenvalue weighted by molar-refractivity contribution is -0.870. The summed E-state index contributed by atoms with van der Waals surface area (Å²) < 4.78 is 74.9. The molecule has 15 heteroatoms. The lowest BCUT2D eigenvalue weighted by atomic mass is 10.0. The van der Waals surface area contributed by atoms with Gasteiger partial charge in [0, 0.05) is 29.9 Å². The van der Waals surface area contributed by atoms with E-state index < -0.39 is 33.3 Å². The Morgan fingerprint density at radius 3 is 2.20 bits per heavy atom. The molecular formula is C36H35F3N6O5S. The van der Waals surface area contributed by atoms with Gasteiger partial charge in [0.25, 0.3) is 11.5 Å². The summed E-state index contributed by atoms with van der Waals surface area (Å²) in [5.74, 6) is -0.622. The molecule has 0 aliphatic heterocycles. The molecule has 5 rings (SSSR count). The summed E-state index contributed by atoms with van der Waals surface area (Å²) in [4.78, 5) is 26.8. The summed E-state index contributed by atoms with van der Waals surface area (Å²) >= 11 is 0. The first kappa shape index (κ1) is 38.2. The minimum atomic E-state index is -4.62. The average molecular weight is 721 g/mol. The number of hydrogen-bond acceptors (Lipinski definition) is 7. The first-order chi connectivity index (χ1) is 23.9. The quantitative estimate of drug-likeness (QED) is 0.123. The molecule has 3 aromatic carbocycles. The number of amides is 1. The number of alkyl halides is 3. The van der Waals surface area contributed by atoms with Crippen molar-refractivity contribution in [3.8, 4) is 28.7 Å². The number of nitrogens with one attached hydrogen (secondary N) is 1. The number of nitrogens with zero attached hydrogens (tertiary/aromatic N) is 5. The van der Waals surface area contributed by atoms with Gasteiger partial charge in [0.15, 0.2) is 0 Å². The third-order valence-electron chi connectivity index (χ3n) is 7.61. The van der Waals surface area contributed by atoms with Crippen LogP contribution in [0.1, 0.15) is 33.6 Å². The van der Waals surface area contributed by atoms with E-state index in [4.69, 9.17) is 5.26 Å². The first-order valence-electron chi connectivity index (χ1n) is 15.5. The average Bonchev–Trinajstić information content (AvgIpc) is 3.56. The van der Waals surface area contributed by atoms with Crippen LogP contribution in [-0.2, 0) is 16.3 Å². The number of halogens is 3. The van der Waals surface area contributed by atoms with Gasteiger partial charge in [0.1, 0.15) is 15.7 Å². The molecule has 0 aliphatic carbocycles. The lowest BCUT2D eigenvalue weighted by Gasteiger charge is -2.23. The Morgan fingerprint density at radius 2 is 1.63 bits per heavy atom. The molecule has 266 valence electrons. The van der Waals surface area contributed by atoms with Crippen molar-refractivity contribution in [1.82, 2.24) is 19.7 Å². The number of nitriles is 1. The van der Waals surface area contributed by atoms with Crippen LogP contribution in [0.5, 0.6) is 0 Å². The third-order valence-corrected chi connectivity index (χ3v) is 8.46. The number of benzene rings is 3. The molecule has 2 aromatic heterocycles. The van der Waals surface area contributed by atoms with Crippen LogP contribution in [0.25, 0.3) is 22.6 Å². The van der Waals surface area contributed by atoms with Crippen molar-refractivity contribution in [2.24, 2.45) is 0 Å². The van der Waals surface area contributed by atoms with Crippen LogP contribution < -0.4 is 10.9 Å². The molecule has 1 amide bonds. The van der Waals surface area contributed by atoms with E-state index in [-0.39, 0.29) is 16.1 Å². The summed E-state index contributed by atoms with van der Waals surface area (Å²) in [6.45, 7) is 2.72. The number of rotatable bonds is 9. The van der Waals surface area contributed by atoms with Crippen LogP contribution in [0.3, 0.4) is 0 Å². The molecule has 0 aliphatic rings. The monoisotopic (exact) mass is 720 g/mol. The van der Waals surface area contributed by atoms with Gasteiger partial charge in [-0.25, -0.2) is 13.1 Å². The lowest BCUT2D eigenvalue weighted by Crippen LogP contribution is -2.38. The number of carbonyl (C=O) groups excluding carboxylic acids is 1. The fraction of sp³-hybridized carbons (Fsp3) is 0.222. The van der Waals surface area contributed by atoms with E-state index in [1.165, 1.54) is 48.7 Å². The third kappa shape index (κ3) is 9.79. The maximum Gasteiger partial charge on any atom is 0.416 e. The second-order valence-electron chi connectivity index (χ2n) is 12.4. The van der Waals surface area contributed by atoms with Crippen LogP contribution in [0.2, 0.25) is 0 Å². The Hall–Kier alpha value is -5.56. The van der Waals surface area contributed by atoms with Crippen molar-refractivity contribution in [3.63, 3.8) is 0 Å². The highest BCUT2D eigenvalue weighted by Gasteiger charge is 2.31. The molecule has 0 fully saturated rings. The molecule has 11 nitrogen and oxygen atoms in total. The molecule has 0 bridgehead atoms. The van der Waals surface area contributed by atoms with Gasteiger partial charge in [-0.2, -0.15) is 23.5 Å². The summed E-state index contributed by atoms with van der Waals surface area (Å²) in [6.07, 6.45) is -2.41. The van der Waals surface area contributed by atoms with Crippen molar-refractivity contribution >= 4 is 16.0 Å². The molecule has 51 heavy (non-hydrogen) atoms. The highest BCUT2D eigenvalue weighted by molar-refractivity contribution is 7.85. The van der Waals surface area contributed by atoms with Gasteiger partial charge in [-0.3, -0.25) is 14.2 Å². The highest BCUT2D eigenvalue weighted by atomic mass is 32.2. The maximum absolute atomic E-state index is 13.7. The van der Waals surface area contributed by atoms with E-state index in [1.54, 1.807) is 48.0 Å². The second-order valence-corrected chi connectivity index (χ2v) is 13.8.